The molecule has 0 heterocycles. The highest BCUT2D eigenvalue weighted by molar-refractivity contribution is 6.20. The molecule has 1 N–H and O–H groups in total. The van der Waals surface area contributed by atoms with Crippen molar-refractivity contribution in [3.8, 4) is 0 Å². The van der Waals surface area contributed by atoms with E-state index in [1.165, 1.54) is 0 Å². The van der Waals surface area contributed by atoms with Crippen molar-refractivity contribution >= 4 is 17.1 Å². The quantitative estimate of drug-likeness (QED) is 0.331. The van der Waals surface area contributed by atoms with Crippen molar-refractivity contribution in [2.24, 2.45) is 5.92 Å². The Balaban J connectivity index is 1.43. The number of quaternary nitrogens is 1. The molecule has 0 saturated carbocycles. The van der Waals surface area contributed by atoms with E-state index in [1.807, 2.05) is 92.0 Å². The summed E-state index contributed by atoms with van der Waals surface area (Å²) in [6, 6.07) is 15.9. The SMILES string of the molecule is C=C1C(C(=O)C2C=CC=CC2)=C(OCc2ccccc2C[N+](C)(O)C2=CC=CCC2)c2ccccc21. The third kappa shape index (κ3) is 4.70. The molecule has 0 spiro atoms. The van der Waals surface area contributed by atoms with Gasteiger partial charge < -0.3 is 4.74 Å². The number of allylic oxidation sites excluding steroid dienone is 10. The van der Waals surface area contributed by atoms with Crippen molar-refractivity contribution in [1.82, 2.24) is 0 Å². The zero-order valence-electron chi connectivity index (χ0n) is 20.7. The van der Waals surface area contributed by atoms with Crippen LogP contribution in [0.3, 0.4) is 0 Å². The topological polar surface area (TPSA) is 46.5 Å². The lowest BCUT2D eigenvalue weighted by Gasteiger charge is -2.29. The second kappa shape index (κ2) is 10.1. The summed E-state index contributed by atoms with van der Waals surface area (Å²) in [6.45, 7) is 5.00. The predicted octanol–water partition coefficient (Wildman–Crippen LogP) is 6.91. The van der Waals surface area contributed by atoms with Crippen LogP contribution in [0.1, 0.15) is 41.5 Å². The molecule has 0 saturated heterocycles. The van der Waals surface area contributed by atoms with Crippen LogP contribution in [0.15, 0.2) is 109 Å². The fraction of sp³-hybridized carbons (Fsp3) is 0.219. The van der Waals surface area contributed by atoms with E-state index < -0.39 is 0 Å². The minimum Gasteiger partial charge on any atom is -0.487 e. The van der Waals surface area contributed by atoms with Gasteiger partial charge in [0.15, 0.2) is 5.78 Å². The molecule has 4 nitrogen and oxygen atoms in total. The Bertz CT molecular complexity index is 1350. The van der Waals surface area contributed by atoms with Gasteiger partial charge in [-0.1, -0.05) is 91.6 Å². The van der Waals surface area contributed by atoms with Gasteiger partial charge in [0.1, 0.15) is 31.7 Å². The fourth-order valence-electron chi connectivity index (χ4n) is 5.15. The minimum absolute atomic E-state index is 0.0389. The van der Waals surface area contributed by atoms with Crippen LogP contribution in [-0.2, 0) is 22.7 Å². The molecule has 0 aliphatic heterocycles. The number of benzene rings is 2. The molecule has 3 aliphatic rings. The van der Waals surface area contributed by atoms with E-state index in [1.54, 1.807) is 0 Å². The van der Waals surface area contributed by atoms with E-state index in [4.69, 9.17) is 4.74 Å². The fourth-order valence-corrected chi connectivity index (χ4v) is 5.15. The number of ketones is 1. The molecule has 0 amide bonds. The Labute approximate surface area is 213 Å². The van der Waals surface area contributed by atoms with Gasteiger partial charge in [0.25, 0.3) is 0 Å². The van der Waals surface area contributed by atoms with Gasteiger partial charge >= 0.3 is 0 Å². The molecule has 2 aromatic rings. The van der Waals surface area contributed by atoms with Crippen molar-refractivity contribution in [2.45, 2.75) is 32.4 Å². The summed E-state index contributed by atoms with van der Waals surface area (Å²) in [4.78, 5) is 13.6. The molecule has 0 aromatic heterocycles. The molecule has 2 aromatic carbocycles. The molecule has 0 bridgehead atoms. The zero-order valence-corrected chi connectivity index (χ0v) is 20.7. The number of hydrogen-bond acceptors (Lipinski definition) is 3. The molecule has 2 atom stereocenters. The molecular formula is C32H32NO3+. The summed E-state index contributed by atoms with van der Waals surface area (Å²) >= 11 is 0. The lowest BCUT2D eigenvalue weighted by molar-refractivity contribution is -1.07. The van der Waals surface area contributed by atoms with Gasteiger partial charge in [-0.05, 0) is 35.6 Å². The highest BCUT2D eigenvalue weighted by Crippen LogP contribution is 2.43. The average molecular weight is 479 g/mol. The van der Waals surface area contributed by atoms with Crippen LogP contribution in [0.25, 0.3) is 11.3 Å². The Morgan fingerprint density at radius 1 is 1.03 bits per heavy atom. The molecule has 182 valence electrons. The number of fused-ring (bicyclic) bond motifs is 1. The third-order valence-electron chi connectivity index (χ3n) is 7.17. The molecule has 3 aliphatic carbocycles. The first kappa shape index (κ1) is 24.0. The molecule has 2 unspecified atom stereocenters. The van der Waals surface area contributed by atoms with E-state index in [2.05, 4.69) is 12.7 Å². The highest BCUT2D eigenvalue weighted by atomic mass is 16.5. The van der Waals surface area contributed by atoms with Gasteiger partial charge in [0.2, 0.25) is 0 Å². The standard InChI is InChI=1S/C32H32NO3/c1-23-28-19-11-12-20-29(28)32(30(23)31(34)24-13-5-3-6-14-24)36-22-26-16-10-9-15-25(26)21-33(2,35)27-17-7-4-8-18-27/h3-7,9-13,15-17,19-20,24,35H,1,8,14,18,21-22H2,2H3/q+1. The third-order valence-corrected chi connectivity index (χ3v) is 7.17. The van der Waals surface area contributed by atoms with Crippen LogP contribution in [0.5, 0.6) is 0 Å². The number of Topliss-reactive ketones (excluding diaryl/α,β-unsaturated/α-hetero) is 1. The van der Waals surface area contributed by atoms with Gasteiger partial charge in [0.05, 0.1) is 5.57 Å². The number of hydroxylamine groups is 3. The molecular weight excluding hydrogens is 446 g/mol. The second-order valence-corrected chi connectivity index (χ2v) is 9.73. The van der Waals surface area contributed by atoms with Gasteiger partial charge in [-0.2, -0.15) is 4.65 Å². The largest absolute Gasteiger partial charge is 0.487 e. The summed E-state index contributed by atoms with van der Waals surface area (Å²) < 4.78 is 6.27. The molecule has 5 rings (SSSR count). The first-order valence-corrected chi connectivity index (χ1v) is 12.5. The predicted molar refractivity (Wildman–Crippen MR) is 143 cm³/mol. The van der Waals surface area contributed by atoms with Crippen molar-refractivity contribution in [2.75, 3.05) is 7.05 Å². The first-order valence-electron chi connectivity index (χ1n) is 12.5. The summed E-state index contributed by atoms with van der Waals surface area (Å²) in [5.41, 5.74) is 6.12. The Hall–Kier alpha value is -3.73. The maximum absolute atomic E-state index is 13.6. The second-order valence-electron chi connectivity index (χ2n) is 9.73. The summed E-state index contributed by atoms with van der Waals surface area (Å²) in [6.07, 6.45) is 16.4. The number of ether oxygens (including phenoxy) is 1. The van der Waals surface area contributed by atoms with Crippen molar-refractivity contribution < 1.29 is 19.4 Å². The number of nitrogens with zero attached hydrogens (tertiary/aromatic N) is 1. The van der Waals surface area contributed by atoms with E-state index >= 15 is 0 Å². The highest BCUT2D eigenvalue weighted by Gasteiger charge is 2.34. The average Bonchev–Trinajstić information content (AvgIpc) is 3.20. The first-order chi connectivity index (χ1) is 17.5. The zero-order chi connectivity index (χ0) is 25.1. The summed E-state index contributed by atoms with van der Waals surface area (Å²) in [5, 5.41) is 11.2. The van der Waals surface area contributed by atoms with E-state index in [0.29, 0.717) is 30.9 Å². The normalized spacial score (nSPS) is 20.2. The monoisotopic (exact) mass is 478 g/mol. The van der Waals surface area contributed by atoms with Crippen LogP contribution in [0, 0.1) is 5.92 Å². The maximum Gasteiger partial charge on any atom is 0.174 e. The molecule has 36 heavy (non-hydrogen) atoms. The Morgan fingerprint density at radius 3 is 2.50 bits per heavy atom. The van der Waals surface area contributed by atoms with Crippen LogP contribution in [-0.4, -0.2) is 22.7 Å². The molecule has 0 fully saturated rings. The molecule has 0 radical (unpaired) electrons. The van der Waals surface area contributed by atoms with Crippen molar-refractivity contribution in [3.63, 3.8) is 0 Å². The number of carbonyl (C=O) groups excluding carboxylic acids is 1. The summed E-state index contributed by atoms with van der Waals surface area (Å²) in [7, 11) is 1.82. The number of carbonyl (C=O) groups is 1. The lowest BCUT2D eigenvalue weighted by atomic mass is 9.89. The number of hydrogen-bond donors (Lipinski definition) is 1. The van der Waals surface area contributed by atoms with E-state index in [0.717, 1.165) is 46.4 Å². The Kier molecular flexibility index (Phi) is 6.73. The van der Waals surface area contributed by atoms with E-state index in [9.17, 15) is 10.0 Å². The maximum atomic E-state index is 13.6. The van der Waals surface area contributed by atoms with Gasteiger partial charge in [0, 0.05) is 23.5 Å². The van der Waals surface area contributed by atoms with Crippen LogP contribution < -0.4 is 0 Å². The van der Waals surface area contributed by atoms with E-state index in [-0.39, 0.29) is 16.3 Å². The summed E-state index contributed by atoms with van der Waals surface area (Å²) in [5.74, 6) is 0.420. The van der Waals surface area contributed by atoms with Gasteiger partial charge in [-0.3, -0.25) is 4.79 Å². The van der Waals surface area contributed by atoms with Crippen LogP contribution in [0.4, 0.5) is 0 Å². The van der Waals surface area contributed by atoms with Gasteiger partial charge in [-0.15, -0.1) is 0 Å². The minimum atomic E-state index is -0.216. The lowest BCUT2D eigenvalue weighted by Crippen LogP contribution is -2.39. The van der Waals surface area contributed by atoms with Crippen molar-refractivity contribution in [1.29, 1.82) is 0 Å². The Morgan fingerprint density at radius 2 is 1.78 bits per heavy atom. The number of rotatable bonds is 8. The molecule has 4 heteroatoms. The van der Waals surface area contributed by atoms with Gasteiger partial charge in [-0.25, -0.2) is 5.21 Å². The van der Waals surface area contributed by atoms with Crippen LogP contribution >= 0.6 is 0 Å². The van der Waals surface area contributed by atoms with Crippen LogP contribution in [0.2, 0.25) is 0 Å². The smallest absolute Gasteiger partial charge is 0.174 e. The van der Waals surface area contributed by atoms with Crippen molar-refractivity contribution in [3.05, 3.63) is 131 Å².